The Morgan fingerprint density at radius 3 is 3.24 bits per heavy atom. The predicted molar refractivity (Wildman–Crippen MR) is 67.3 cm³/mol. The summed E-state index contributed by atoms with van der Waals surface area (Å²) in [5.74, 6) is 1.60. The van der Waals surface area contributed by atoms with Gasteiger partial charge >= 0.3 is 0 Å². The minimum atomic E-state index is 0.714. The molecule has 1 aliphatic heterocycles. The Morgan fingerprint density at radius 2 is 2.47 bits per heavy atom. The highest BCUT2D eigenvalue weighted by Gasteiger charge is 2.15. The van der Waals surface area contributed by atoms with Crippen LogP contribution < -0.4 is 10.1 Å². The van der Waals surface area contributed by atoms with Gasteiger partial charge in [0.25, 0.3) is 0 Å². The molecule has 0 radical (unpaired) electrons. The van der Waals surface area contributed by atoms with E-state index in [1.807, 2.05) is 18.2 Å². The molecule has 4 nitrogen and oxygen atoms in total. The molecule has 3 rings (SSSR count). The molecular weight excluding hydrogens is 214 g/mol. The summed E-state index contributed by atoms with van der Waals surface area (Å²) in [5.41, 5.74) is 1.04. The molecular formula is C13H17N3O. The molecule has 90 valence electrons. The van der Waals surface area contributed by atoms with Gasteiger partial charge in [-0.05, 0) is 43.6 Å². The SMILES string of the molecule is COc1ccc2nn(CC3CCNC3)cc2c1. The molecule has 0 aliphatic carbocycles. The third-order valence-electron chi connectivity index (χ3n) is 3.37. The van der Waals surface area contributed by atoms with Crippen molar-refractivity contribution < 1.29 is 4.74 Å². The van der Waals surface area contributed by atoms with E-state index < -0.39 is 0 Å². The van der Waals surface area contributed by atoms with E-state index in [2.05, 4.69) is 21.3 Å². The lowest BCUT2D eigenvalue weighted by molar-refractivity contribution is 0.415. The van der Waals surface area contributed by atoms with Crippen molar-refractivity contribution in [3.8, 4) is 5.75 Å². The normalized spacial score (nSPS) is 19.9. The van der Waals surface area contributed by atoms with Crippen molar-refractivity contribution in [2.24, 2.45) is 5.92 Å². The lowest BCUT2D eigenvalue weighted by Gasteiger charge is -2.07. The maximum Gasteiger partial charge on any atom is 0.119 e. The molecule has 1 saturated heterocycles. The second-order valence-electron chi connectivity index (χ2n) is 4.63. The standard InChI is InChI=1S/C13H17N3O/c1-17-12-2-3-13-11(6-12)9-16(15-13)8-10-4-5-14-7-10/h2-3,6,9-10,14H,4-5,7-8H2,1H3. The van der Waals surface area contributed by atoms with Crippen LogP contribution in [-0.4, -0.2) is 30.0 Å². The summed E-state index contributed by atoms with van der Waals surface area (Å²) in [4.78, 5) is 0. The number of fused-ring (bicyclic) bond motifs is 1. The van der Waals surface area contributed by atoms with Gasteiger partial charge in [-0.1, -0.05) is 0 Å². The number of hydrogen-bond donors (Lipinski definition) is 1. The van der Waals surface area contributed by atoms with Crippen molar-refractivity contribution in [1.82, 2.24) is 15.1 Å². The van der Waals surface area contributed by atoms with E-state index in [1.165, 1.54) is 6.42 Å². The number of ether oxygens (including phenoxy) is 1. The van der Waals surface area contributed by atoms with Gasteiger partial charge in [-0.2, -0.15) is 5.10 Å². The van der Waals surface area contributed by atoms with E-state index in [-0.39, 0.29) is 0 Å². The first-order valence-corrected chi connectivity index (χ1v) is 6.07. The molecule has 1 aromatic carbocycles. The maximum absolute atomic E-state index is 5.22. The first-order valence-electron chi connectivity index (χ1n) is 6.07. The lowest BCUT2D eigenvalue weighted by Crippen LogP contribution is -2.14. The van der Waals surface area contributed by atoms with Gasteiger partial charge in [-0.3, -0.25) is 4.68 Å². The number of aromatic nitrogens is 2. The van der Waals surface area contributed by atoms with Crippen LogP contribution in [0, 0.1) is 5.92 Å². The molecule has 1 atom stereocenters. The number of rotatable bonds is 3. The number of nitrogens with one attached hydrogen (secondary N) is 1. The monoisotopic (exact) mass is 231 g/mol. The maximum atomic E-state index is 5.22. The highest BCUT2D eigenvalue weighted by atomic mass is 16.5. The number of nitrogens with zero attached hydrogens (tertiary/aromatic N) is 2. The summed E-state index contributed by atoms with van der Waals surface area (Å²) in [6.45, 7) is 3.25. The van der Waals surface area contributed by atoms with E-state index in [9.17, 15) is 0 Å². The molecule has 1 N–H and O–H groups in total. The number of methoxy groups -OCH3 is 1. The largest absolute Gasteiger partial charge is 0.497 e. The van der Waals surface area contributed by atoms with Gasteiger partial charge in [0.1, 0.15) is 5.75 Å². The van der Waals surface area contributed by atoms with Gasteiger partial charge in [0.2, 0.25) is 0 Å². The highest BCUT2D eigenvalue weighted by Crippen LogP contribution is 2.20. The molecule has 0 saturated carbocycles. The van der Waals surface area contributed by atoms with Crippen LogP contribution in [0.2, 0.25) is 0 Å². The zero-order valence-corrected chi connectivity index (χ0v) is 10.0. The zero-order chi connectivity index (χ0) is 11.7. The summed E-state index contributed by atoms with van der Waals surface area (Å²) in [5, 5.41) is 9.12. The number of hydrogen-bond acceptors (Lipinski definition) is 3. The van der Waals surface area contributed by atoms with Gasteiger partial charge in [0, 0.05) is 18.1 Å². The fraction of sp³-hybridized carbons (Fsp3) is 0.462. The first-order chi connectivity index (χ1) is 8.35. The topological polar surface area (TPSA) is 39.1 Å². The molecule has 17 heavy (non-hydrogen) atoms. The molecule has 0 amide bonds. The van der Waals surface area contributed by atoms with Crippen LogP contribution in [0.3, 0.4) is 0 Å². The van der Waals surface area contributed by atoms with Gasteiger partial charge in [0.05, 0.1) is 12.6 Å². The van der Waals surface area contributed by atoms with E-state index in [4.69, 9.17) is 4.74 Å². The highest BCUT2D eigenvalue weighted by molar-refractivity contribution is 5.79. The first kappa shape index (κ1) is 10.6. The predicted octanol–water partition coefficient (Wildman–Crippen LogP) is 1.65. The second-order valence-corrected chi connectivity index (χ2v) is 4.63. The van der Waals surface area contributed by atoms with Crippen LogP contribution in [0.15, 0.2) is 24.4 Å². The Hall–Kier alpha value is -1.55. The Labute approximate surface area is 101 Å². The third-order valence-corrected chi connectivity index (χ3v) is 3.37. The second kappa shape index (κ2) is 4.37. The summed E-state index contributed by atoms with van der Waals surface area (Å²) >= 11 is 0. The molecule has 1 fully saturated rings. The van der Waals surface area contributed by atoms with E-state index in [0.29, 0.717) is 5.92 Å². The minimum absolute atomic E-state index is 0.714. The van der Waals surface area contributed by atoms with Crippen molar-refractivity contribution in [3.05, 3.63) is 24.4 Å². The Kier molecular flexibility index (Phi) is 2.73. The van der Waals surface area contributed by atoms with Crippen molar-refractivity contribution >= 4 is 10.9 Å². The molecule has 0 bridgehead atoms. The van der Waals surface area contributed by atoms with Crippen LogP contribution in [0.5, 0.6) is 5.75 Å². The Bertz CT molecular complexity index is 514. The molecule has 2 aromatic rings. The van der Waals surface area contributed by atoms with Crippen LogP contribution in [-0.2, 0) is 6.54 Å². The van der Waals surface area contributed by atoms with Crippen molar-refractivity contribution in [1.29, 1.82) is 0 Å². The van der Waals surface area contributed by atoms with Crippen molar-refractivity contribution in [2.45, 2.75) is 13.0 Å². The Morgan fingerprint density at radius 1 is 1.53 bits per heavy atom. The summed E-state index contributed by atoms with van der Waals surface area (Å²) < 4.78 is 7.28. The average Bonchev–Trinajstić information content (AvgIpc) is 2.96. The third kappa shape index (κ3) is 2.13. The lowest BCUT2D eigenvalue weighted by atomic mass is 10.1. The summed E-state index contributed by atoms with van der Waals surface area (Å²) in [7, 11) is 1.69. The molecule has 0 spiro atoms. The van der Waals surface area contributed by atoms with Crippen LogP contribution in [0.1, 0.15) is 6.42 Å². The fourth-order valence-electron chi connectivity index (χ4n) is 2.41. The van der Waals surface area contributed by atoms with Crippen LogP contribution >= 0.6 is 0 Å². The van der Waals surface area contributed by atoms with Gasteiger partial charge in [-0.15, -0.1) is 0 Å². The fourth-order valence-corrected chi connectivity index (χ4v) is 2.41. The minimum Gasteiger partial charge on any atom is -0.497 e. The van der Waals surface area contributed by atoms with Crippen LogP contribution in [0.25, 0.3) is 10.9 Å². The van der Waals surface area contributed by atoms with Crippen LogP contribution in [0.4, 0.5) is 0 Å². The summed E-state index contributed by atoms with van der Waals surface area (Å²) in [6.07, 6.45) is 3.36. The quantitative estimate of drug-likeness (QED) is 0.873. The zero-order valence-electron chi connectivity index (χ0n) is 10.0. The number of benzene rings is 1. The Balaban J connectivity index is 1.85. The molecule has 1 unspecified atom stereocenters. The molecule has 4 heteroatoms. The van der Waals surface area contributed by atoms with Gasteiger partial charge in [-0.25, -0.2) is 0 Å². The van der Waals surface area contributed by atoms with Crippen molar-refractivity contribution in [2.75, 3.05) is 20.2 Å². The van der Waals surface area contributed by atoms with Crippen molar-refractivity contribution in [3.63, 3.8) is 0 Å². The van der Waals surface area contributed by atoms with E-state index >= 15 is 0 Å². The smallest absolute Gasteiger partial charge is 0.119 e. The van der Waals surface area contributed by atoms with Gasteiger partial charge in [0.15, 0.2) is 0 Å². The summed E-state index contributed by atoms with van der Waals surface area (Å²) in [6, 6.07) is 6.00. The molecule has 2 heterocycles. The van der Waals surface area contributed by atoms with E-state index in [1.54, 1.807) is 7.11 Å². The average molecular weight is 231 g/mol. The van der Waals surface area contributed by atoms with Gasteiger partial charge < -0.3 is 10.1 Å². The van der Waals surface area contributed by atoms with E-state index in [0.717, 1.165) is 36.3 Å². The molecule has 1 aliphatic rings. The molecule has 1 aromatic heterocycles.